The van der Waals surface area contributed by atoms with Gasteiger partial charge in [-0.25, -0.2) is 9.37 Å². The Morgan fingerprint density at radius 3 is 2.86 bits per heavy atom. The lowest BCUT2D eigenvalue weighted by atomic mass is 10.3. The van der Waals surface area contributed by atoms with E-state index in [4.69, 9.17) is 10.3 Å². The molecule has 0 amide bonds. The summed E-state index contributed by atoms with van der Waals surface area (Å²) in [5.41, 5.74) is 6.41. The van der Waals surface area contributed by atoms with Gasteiger partial charge in [-0.15, -0.1) is 11.8 Å². The second-order valence-electron chi connectivity index (χ2n) is 4.20. The lowest BCUT2D eigenvalue weighted by Crippen LogP contribution is -1.86. The van der Waals surface area contributed by atoms with E-state index >= 15 is 0 Å². The minimum Gasteiger partial charge on any atom is -0.375 e. The smallest absolute Gasteiger partial charge is 0.270 e. The molecule has 0 aliphatic rings. The number of thiazole rings is 1. The monoisotopic (exact) mass is 322 g/mol. The van der Waals surface area contributed by atoms with Gasteiger partial charge in [0.05, 0.1) is 11.4 Å². The number of nitrogens with two attached hydrogens (primary N) is 1. The molecule has 0 atom stereocenters. The zero-order chi connectivity index (χ0) is 14.8. The molecule has 1 aromatic carbocycles. The molecule has 0 spiro atoms. The highest BCUT2D eigenvalue weighted by Crippen LogP contribution is 2.31. The first-order valence-electron chi connectivity index (χ1n) is 6.06. The van der Waals surface area contributed by atoms with Crippen molar-refractivity contribution < 1.29 is 8.91 Å². The molecular formula is C13H11FN4OS2. The number of hydrogen-bond acceptors (Lipinski definition) is 7. The Kier molecular flexibility index (Phi) is 3.89. The van der Waals surface area contributed by atoms with Gasteiger partial charge in [0.2, 0.25) is 0 Å². The molecule has 8 heteroatoms. The summed E-state index contributed by atoms with van der Waals surface area (Å²) in [6.45, 7) is 1.83. The SMILES string of the molecule is Cc1nc(N)sc1-c1nc(CSc2ccccc2F)no1. The van der Waals surface area contributed by atoms with Crippen molar-refractivity contribution in [2.45, 2.75) is 17.6 Å². The highest BCUT2D eigenvalue weighted by atomic mass is 32.2. The van der Waals surface area contributed by atoms with Crippen LogP contribution in [0.15, 0.2) is 33.7 Å². The topological polar surface area (TPSA) is 77.8 Å². The number of aryl methyl sites for hydroxylation is 1. The molecule has 0 saturated heterocycles. The van der Waals surface area contributed by atoms with Gasteiger partial charge < -0.3 is 10.3 Å². The lowest BCUT2D eigenvalue weighted by Gasteiger charge is -1.99. The number of nitrogen functional groups attached to an aromatic ring is 1. The maximum atomic E-state index is 13.5. The lowest BCUT2D eigenvalue weighted by molar-refractivity contribution is 0.425. The summed E-state index contributed by atoms with van der Waals surface area (Å²) < 4.78 is 18.7. The molecule has 3 rings (SSSR count). The van der Waals surface area contributed by atoms with E-state index in [1.165, 1.54) is 29.2 Å². The maximum absolute atomic E-state index is 13.5. The first-order chi connectivity index (χ1) is 10.1. The van der Waals surface area contributed by atoms with Crippen molar-refractivity contribution in [3.8, 4) is 10.8 Å². The van der Waals surface area contributed by atoms with Gasteiger partial charge in [0.1, 0.15) is 10.7 Å². The van der Waals surface area contributed by atoms with Crippen LogP contribution < -0.4 is 5.73 Å². The predicted octanol–water partition coefficient (Wildman–Crippen LogP) is 3.52. The molecule has 0 bridgehead atoms. The van der Waals surface area contributed by atoms with Crippen LogP contribution in [0.25, 0.3) is 10.8 Å². The van der Waals surface area contributed by atoms with Crippen molar-refractivity contribution in [3.05, 3.63) is 41.6 Å². The van der Waals surface area contributed by atoms with Crippen molar-refractivity contribution in [3.63, 3.8) is 0 Å². The van der Waals surface area contributed by atoms with E-state index in [1.807, 2.05) is 6.92 Å². The summed E-state index contributed by atoms with van der Waals surface area (Å²) in [5.74, 6) is 1.07. The van der Waals surface area contributed by atoms with Crippen LogP contribution >= 0.6 is 23.1 Å². The van der Waals surface area contributed by atoms with Gasteiger partial charge in [-0.2, -0.15) is 4.98 Å². The van der Waals surface area contributed by atoms with E-state index < -0.39 is 0 Å². The number of aromatic nitrogens is 3. The van der Waals surface area contributed by atoms with E-state index in [9.17, 15) is 4.39 Å². The van der Waals surface area contributed by atoms with Crippen LogP contribution in [0.2, 0.25) is 0 Å². The van der Waals surface area contributed by atoms with Crippen molar-refractivity contribution >= 4 is 28.2 Å². The van der Waals surface area contributed by atoms with Gasteiger partial charge >= 0.3 is 0 Å². The van der Waals surface area contributed by atoms with Gasteiger partial charge in [0.25, 0.3) is 5.89 Å². The third-order valence-electron chi connectivity index (χ3n) is 2.67. The van der Waals surface area contributed by atoms with Crippen LogP contribution in [0, 0.1) is 12.7 Å². The van der Waals surface area contributed by atoms with Crippen LogP contribution in [0.4, 0.5) is 9.52 Å². The average Bonchev–Trinajstić information content (AvgIpc) is 3.04. The average molecular weight is 322 g/mol. The molecule has 0 saturated carbocycles. The van der Waals surface area contributed by atoms with E-state index in [-0.39, 0.29) is 5.82 Å². The Labute approximate surface area is 128 Å². The largest absolute Gasteiger partial charge is 0.375 e. The summed E-state index contributed by atoms with van der Waals surface area (Å²) in [6, 6.07) is 6.59. The van der Waals surface area contributed by atoms with Crippen LogP contribution in [0.1, 0.15) is 11.5 Å². The summed E-state index contributed by atoms with van der Waals surface area (Å²) >= 11 is 2.62. The van der Waals surface area contributed by atoms with Crippen LogP contribution in [-0.4, -0.2) is 15.1 Å². The molecule has 21 heavy (non-hydrogen) atoms. The third-order valence-corrected chi connectivity index (χ3v) is 4.69. The highest BCUT2D eigenvalue weighted by molar-refractivity contribution is 7.98. The second-order valence-corrected chi connectivity index (χ2v) is 6.25. The van der Waals surface area contributed by atoms with Gasteiger partial charge in [-0.1, -0.05) is 28.6 Å². The maximum Gasteiger partial charge on any atom is 0.270 e. The molecule has 0 aliphatic carbocycles. The Balaban J connectivity index is 1.74. The molecule has 0 aliphatic heterocycles. The summed E-state index contributed by atoms with van der Waals surface area (Å²) in [4.78, 5) is 9.73. The predicted molar refractivity (Wildman–Crippen MR) is 80.5 cm³/mol. The van der Waals surface area contributed by atoms with Crippen LogP contribution in [0.5, 0.6) is 0 Å². The molecule has 2 N–H and O–H groups in total. The molecule has 5 nitrogen and oxygen atoms in total. The van der Waals surface area contributed by atoms with Gasteiger partial charge in [0, 0.05) is 4.90 Å². The fraction of sp³-hybridized carbons (Fsp3) is 0.154. The Morgan fingerprint density at radius 2 is 2.14 bits per heavy atom. The Hall–Kier alpha value is -1.93. The number of halogens is 1. The number of rotatable bonds is 4. The molecule has 0 fully saturated rings. The first kappa shape index (κ1) is 14.0. The molecule has 3 aromatic rings. The van der Waals surface area contributed by atoms with Gasteiger partial charge in [-0.05, 0) is 19.1 Å². The fourth-order valence-corrected chi connectivity index (χ4v) is 3.26. The first-order valence-corrected chi connectivity index (χ1v) is 7.87. The summed E-state index contributed by atoms with van der Waals surface area (Å²) in [7, 11) is 0. The van der Waals surface area contributed by atoms with Crippen molar-refractivity contribution in [1.82, 2.24) is 15.1 Å². The molecule has 0 radical (unpaired) electrons. The quantitative estimate of drug-likeness (QED) is 0.741. The normalized spacial score (nSPS) is 11.0. The molecule has 2 aromatic heterocycles. The number of thioether (sulfide) groups is 1. The van der Waals surface area contributed by atoms with Crippen LogP contribution in [0.3, 0.4) is 0 Å². The second kappa shape index (κ2) is 5.82. The molecular weight excluding hydrogens is 311 g/mol. The number of hydrogen-bond donors (Lipinski definition) is 1. The van der Waals surface area contributed by atoms with E-state index in [0.29, 0.717) is 27.5 Å². The minimum absolute atomic E-state index is 0.253. The van der Waals surface area contributed by atoms with Gasteiger partial charge in [0.15, 0.2) is 11.0 Å². The minimum atomic E-state index is -0.253. The van der Waals surface area contributed by atoms with E-state index in [0.717, 1.165) is 10.6 Å². The Morgan fingerprint density at radius 1 is 1.33 bits per heavy atom. The van der Waals surface area contributed by atoms with Crippen LogP contribution in [-0.2, 0) is 5.75 Å². The van der Waals surface area contributed by atoms with Crippen molar-refractivity contribution in [1.29, 1.82) is 0 Å². The van der Waals surface area contributed by atoms with Crippen molar-refractivity contribution in [2.75, 3.05) is 5.73 Å². The fourth-order valence-electron chi connectivity index (χ4n) is 1.72. The number of anilines is 1. The summed E-state index contributed by atoms with van der Waals surface area (Å²) in [5, 5.41) is 4.36. The van der Waals surface area contributed by atoms with E-state index in [1.54, 1.807) is 18.2 Å². The molecule has 108 valence electrons. The summed E-state index contributed by atoms with van der Waals surface area (Å²) in [6.07, 6.45) is 0. The number of benzene rings is 1. The zero-order valence-corrected chi connectivity index (χ0v) is 12.7. The van der Waals surface area contributed by atoms with E-state index in [2.05, 4.69) is 15.1 Å². The standard InChI is InChI=1S/C13H11FN4OS2/c1-7-11(21-13(15)16-7)12-17-10(18-19-12)6-20-9-5-3-2-4-8(9)14/h2-5H,6H2,1H3,(H2,15,16). The Bertz CT molecular complexity index is 771. The highest BCUT2D eigenvalue weighted by Gasteiger charge is 2.15. The third kappa shape index (κ3) is 3.06. The zero-order valence-electron chi connectivity index (χ0n) is 11.0. The number of nitrogens with zero attached hydrogens (tertiary/aromatic N) is 3. The molecule has 2 heterocycles. The molecule has 0 unspecified atom stereocenters. The van der Waals surface area contributed by atoms with Gasteiger partial charge in [-0.3, -0.25) is 0 Å². The van der Waals surface area contributed by atoms with Crippen molar-refractivity contribution in [2.24, 2.45) is 0 Å².